The Balaban J connectivity index is 1.93. The largest absolute Gasteiger partial charge is 0.352 e. The summed E-state index contributed by atoms with van der Waals surface area (Å²) in [5.74, 6) is -4.75. The Kier molecular flexibility index (Phi) is 6.48. The third kappa shape index (κ3) is 4.34. The van der Waals surface area contributed by atoms with Crippen LogP contribution in [0.5, 0.6) is 0 Å². The van der Waals surface area contributed by atoms with E-state index >= 15 is 0 Å². The molecule has 2 aromatic rings. The van der Waals surface area contributed by atoms with Crippen LogP contribution in [-0.2, 0) is 4.79 Å². The van der Waals surface area contributed by atoms with Crippen molar-refractivity contribution in [3.8, 4) is 11.3 Å². The van der Waals surface area contributed by atoms with Gasteiger partial charge in [-0.3, -0.25) is 9.59 Å². The van der Waals surface area contributed by atoms with Gasteiger partial charge in [-0.25, -0.2) is 8.78 Å². The lowest BCUT2D eigenvalue weighted by molar-refractivity contribution is -0.130. The summed E-state index contributed by atoms with van der Waals surface area (Å²) in [5.41, 5.74) is -0.676. The number of benzene rings is 1. The maximum absolute atomic E-state index is 15.0. The van der Waals surface area contributed by atoms with E-state index in [-0.39, 0.29) is 30.0 Å². The molecule has 0 aliphatic carbocycles. The first-order chi connectivity index (χ1) is 14.2. The molecule has 1 N–H and O–H groups in total. The summed E-state index contributed by atoms with van der Waals surface area (Å²) >= 11 is 0. The van der Waals surface area contributed by atoms with E-state index in [9.17, 15) is 22.8 Å². The average molecular weight is 423 g/mol. The van der Waals surface area contributed by atoms with E-state index in [1.807, 2.05) is 20.8 Å². The van der Waals surface area contributed by atoms with Crippen molar-refractivity contribution in [1.82, 2.24) is 15.4 Å². The lowest BCUT2D eigenvalue weighted by Crippen LogP contribution is -2.61. The minimum absolute atomic E-state index is 0.0862. The van der Waals surface area contributed by atoms with Crippen molar-refractivity contribution in [2.75, 3.05) is 6.54 Å². The lowest BCUT2D eigenvalue weighted by Gasteiger charge is -2.39. The molecule has 1 aliphatic rings. The van der Waals surface area contributed by atoms with Gasteiger partial charge in [0.25, 0.3) is 5.91 Å². The maximum atomic E-state index is 15.0. The zero-order valence-electron chi connectivity index (χ0n) is 17.0. The molecule has 1 fully saturated rings. The van der Waals surface area contributed by atoms with Gasteiger partial charge in [0.05, 0.1) is 0 Å². The second-order valence-corrected chi connectivity index (χ2v) is 7.90. The second kappa shape index (κ2) is 8.89. The molecule has 3 rings (SSSR count). The fourth-order valence-electron chi connectivity index (χ4n) is 3.63. The van der Waals surface area contributed by atoms with Crippen LogP contribution in [0.4, 0.5) is 13.2 Å². The SMILES string of the molecule is CCC[C@H]1CN(C(=O)c2noc(-c3ccc(F)c(F)c3)c2F)[C@@H](CC(C)C)C(=O)N1. The number of aromatic nitrogens is 1. The van der Waals surface area contributed by atoms with Crippen LogP contribution in [0.3, 0.4) is 0 Å². The molecular formula is C21H24F3N3O3. The van der Waals surface area contributed by atoms with Gasteiger partial charge in [-0.1, -0.05) is 32.3 Å². The van der Waals surface area contributed by atoms with Gasteiger partial charge in [-0.15, -0.1) is 0 Å². The van der Waals surface area contributed by atoms with Crippen molar-refractivity contribution in [2.24, 2.45) is 5.92 Å². The van der Waals surface area contributed by atoms with Crippen molar-refractivity contribution in [3.05, 3.63) is 41.3 Å². The van der Waals surface area contributed by atoms with Crippen molar-refractivity contribution in [1.29, 1.82) is 0 Å². The smallest absolute Gasteiger partial charge is 0.279 e. The Morgan fingerprint density at radius 1 is 1.30 bits per heavy atom. The Morgan fingerprint density at radius 3 is 2.67 bits per heavy atom. The predicted octanol–water partition coefficient (Wildman–Crippen LogP) is 3.91. The van der Waals surface area contributed by atoms with Crippen LogP contribution >= 0.6 is 0 Å². The normalized spacial score (nSPS) is 19.3. The summed E-state index contributed by atoms with van der Waals surface area (Å²) in [5, 5.41) is 6.46. The first kappa shape index (κ1) is 21.9. The fourth-order valence-corrected chi connectivity index (χ4v) is 3.63. The molecule has 162 valence electrons. The molecule has 0 bridgehead atoms. The van der Waals surface area contributed by atoms with Gasteiger partial charge in [0.1, 0.15) is 6.04 Å². The molecule has 2 heterocycles. The highest BCUT2D eigenvalue weighted by Gasteiger charge is 2.40. The monoisotopic (exact) mass is 423 g/mol. The van der Waals surface area contributed by atoms with Gasteiger partial charge in [0.15, 0.2) is 11.6 Å². The number of nitrogens with one attached hydrogen (secondary N) is 1. The minimum Gasteiger partial charge on any atom is -0.352 e. The zero-order chi connectivity index (χ0) is 22.0. The molecular weight excluding hydrogens is 399 g/mol. The number of amides is 2. The molecule has 1 saturated heterocycles. The first-order valence-corrected chi connectivity index (χ1v) is 9.94. The molecule has 2 atom stereocenters. The number of hydrogen-bond acceptors (Lipinski definition) is 4. The standard InChI is InChI=1S/C21H24F3N3O3/c1-4-5-13-10-27(16(8-11(2)3)20(28)25-13)21(29)18-17(24)19(30-26-18)12-6-7-14(22)15(23)9-12/h6-7,9,11,13,16H,4-5,8,10H2,1-3H3,(H,25,28)/t13-,16-/m0/s1. The van der Waals surface area contributed by atoms with Crippen molar-refractivity contribution >= 4 is 11.8 Å². The summed E-state index contributed by atoms with van der Waals surface area (Å²) in [6.45, 7) is 6.03. The van der Waals surface area contributed by atoms with E-state index in [0.29, 0.717) is 12.8 Å². The Labute approximate surface area is 172 Å². The van der Waals surface area contributed by atoms with E-state index in [0.717, 1.165) is 24.6 Å². The number of hydrogen-bond donors (Lipinski definition) is 1. The summed E-state index contributed by atoms with van der Waals surface area (Å²) in [7, 11) is 0. The van der Waals surface area contributed by atoms with Crippen LogP contribution in [-0.4, -0.2) is 40.5 Å². The number of carbonyl (C=O) groups is 2. The van der Waals surface area contributed by atoms with Crippen LogP contribution in [0.2, 0.25) is 0 Å². The molecule has 1 aromatic carbocycles. The minimum atomic E-state index is -1.18. The van der Waals surface area contributed by atoms with Crippen LogP contribution in [0, 0.1) is 23.4 Å². The zero-order valence-corrected chi connectivity index (χ0v) is 17.0. The van der Waals surface area contributed by atoms with Crippen molar-refractivity contribution < 1.29 is 27.3 Å². The number of piperazine rings is 1. The number of nitrogens with zero attached hydrogens (tertiary/aromatic N) is 2. The summed E-state index contributed by atoms with van der Waals surface area (Å²) in [6, 6.07) is 1.73. The molecule has 1 aromatic heterocycles. The van der Waals surface area contributed by atoms with Gasteiger partial charge in [0, 0.05) is 18.2 Å². The summed E-state index contributed by atoms with van der Waals surface area (Å²) in [6.07, 6.45) is 1.89. The Bertz CT molecular complexity index is 945. The third-order valence-electron chi connectivity index (χ3n) is 5.05. The van der Waals surface area contributed by atoms with Gasteiger partial charge in [-0.05, 0) is 37.0 Å². The Morgan fingerprint density at radius 2 is 2.03 bits per heavy atom. The topological polar surface area (TPSA) is 75.4 Å². The van der Waals surface area contributed by atoms with E-state index < -0.39 is 40.9 Å². The average Bonchev–Trinajstić information content (AvgIpc) is 3.06. The number of rotatable bonds is 6. The van der Waals surface area contributed by atoms with Gasteiger partial charge in [-0.2, -0.15) is 4.39 Å². The van der Waals surface area contributed by atoms with Gasteiger partial charge >= 0.3 is 0 Å². The molecule has 30 heavy (non-hydrogen) atoms. The molecule has 0 radical (unpaired) electrons. The molecule has 0 saturated carbocycles. The molecule has 0 unspecified atom stereocenters. The lowest BCUT2D eigenvalue weighted by atomic mass is 9.96. The predicted molar refractivity (Wildman–Crippen MR) is 103 cm³/mol. The third-order valence-corrected chi connectivity index (χ3v) is 5.05. The van der Waals surface area contributed by atoms with Gasteiger partial charge < -0.3 is 14.7 Å². The second-order valence-electron chi connectivity index (χ2n) is 7.90. The molecule has 6 nitrogen and oxygen atoms in total. The summed E-state index contributed by atoms with van der Waals surface area (Å²) in [4.78, 5) is 27.1. The van der Waals surface area contributed by atoms with E-state index in [2.05, 4.69) is 10.5 Å². The maximum Gasteiger partial charge on any atom is 0.279 e. The first-order valence-electron chi connectivity index (χ1n) is 9.94. The molecule has 9 heteroatoms. The highest BCUT2D eigenvalue weighted by Crippen LogP contribution is 2.28. The van der Waals surface area contributed by atoms with E-state index in [4.69, 9.17) is 4.52 Å². The number of halogens is 3. The van der Waals surface area contributed by atoms with Crippen LogP contribution in [0.25, 0.3) is 11.3 Å². The van der Waals surface area contributed by atoms with E-state index in [1.54, 1.807) is 0 Å². The van der Waals surface area contributed by atoms with Crippen LogP contribution < -0.4 is 5.32 Å². The number of carbonyl (C=O) groups excluding carboxylic acids is 2. The quantitative estimate of drug-likeness (QED) is 0.764. The van der Waals surface area contributed by atoms with Crippen LogP contribution in [0.1, 0.15) is 50.5 Å². The fraction of sp³-hybridized carbons (Fsp3) is 0.476. The molecule has 0 spiro atoms. The summed E-state index contributed by atoms with van der Waals surface area (Å²) < 4.78 is 46.6. The van der Waals surface area contributed by atoms with E-state index in [1.165, 1.54) is 4.90 Å². The highest BCUT2D eigenvalue weighted by molar-refractivity contribution is 5.97. The van der Waals surface area contributed by atoms with Crippen molar-refractivity contribution in [3.63, 3.8) is 0 Å². The Hall–Kier alpha value is -2.84. The highest BCUT2D eigenvalue weighted by atomic mass is 19.2. The van der Waals surface area contributed by atoms with Crippen molar-refractivity contribution in [2.45, 2.75) is 52.1 Å². The molecule has 2 amide bonds. The van der Waals surface area contributed by atoms with Gasteiger partial charge in [0.2, 0.25) is 23.2 Å². The van der Waals surface area contributed by atoms with Crippen LogP contribution in [0.15, 0.2) is 22.7 Å². The molecule has 1 aliphatic heterocycles.